The van der Waals surface area contributed by atoms with E-state index in [4.69, 9.17) is 11.6 Å². The minimum atomic E-state index is 0.766. The van der Waals surface area contributed by atoms with Crippen LogP contribution in [0.25, 0.3) is 0 Å². The quantitative estimate of drug-likeness (QED) is 0.756. The number of anilines is 1. The number of benzene rings is 1. The number of nitrogens with zero attached hydrogens (tertiary/aromatic N) is 2. The number of piperazine rings is 1. The Morgan fingerprint density at radius 2 is 2.12 bits per heavy atom. The first kappa shape index (κ1) is 11.4. The maximum atomic E-state index is 6.21. The molecule has 1 unspecified atom stereocenters. The molecule has 17 heavy (non-hydrogen) atoms. The summed E-state index contributed by atoms with van der Waals surface area (Å²) in [5.74, 6) is 0. The highest BCUT2D eigenvalue weighted by molar-refractivity contribution is 6.31. The van der Waals surface area contributed by atoms with Crippen LogP contribution in [0.3, 0.4) is 0 Å². The molecule has 1 atom stereocenters. The Bertz CT molecular complexity index is 419. The molecule has 3 heteroatoms. The molecule has 0 amide bonds. The Hall–Kier alpha value is -0.730. The van der Waals surface area contributed by atoms with Crippen LogP contribution < -0.4 is 4.90 Å². The molecule has 0 saturated carbocycles. The van der Waals surface area contributed by atoms with Gasteiger partial charge in [0.15, 0.2) is 0 Å². The van der Waals surface area contributed by atoms with Gasteiger partial charge in [0.25, 0.3) is 0 Å². The van der Waals surface area contributed by atoms with Gasteiger partial charge in [-0.15, -0.1) is 0 Å². The number of hydrogen-bond acceptors (Lipinski definition) is 2. The summed E-state index contributed by atoms with van der Waals surface area (Å²) in [6.07, 6.45) is 2.73. The summed E-state index contributed by atoms with van der Waals surface area (Å²) >= 11 is 6.21. The van der Waals surface area contributed by atoms with E-state index in [1.807, 2.05) is 6.07 Å². The summed E-state index contributed by atoms with van der Waals surface area (Å²) in [5, 5.41) is 0.886. The number of fused-ring (bicyclic) bond motifs is 1. The molecule has 3 rings (SSSR count). The predicted octanol–water partition coefficient (Wildman–Crippen LogP) is 2.93. The highest BCUT2D eigenvalue weighted by atomic mass is 35.5. The third-order valence-corrected chi connectivity index (χ3v) is 4.58. The summed E-state index contributed by atoms with van der Waals surface area (Å²) in [7, 11) is 0. The Morgan fingerprint density at radius 1 is 1.24 bits per heavy atom. The van der Waals surface area contributed by atoms with Gasteiger partial charge in [0.2, 0.25) is 0 Å². The molecule has 0 aromatic heterocycles. The van der Waals surface area contributed by atoms with E-state index in [0.29, 0.717) is 0 Å². The van der Waals surface area contributed by atoms with E-state index in [1.165, 1.54) is 43.7 Å². The molecule has 1 aromatic rings. The van der Waals surface area contributed by atoms with Crippen LogP contribution >= 0.6 is 11.6 Å². The van der Waals surface area contributed by atoms with Gasteiger partial charge in [-0.1, -0.05) is 17.7 Å². The van der Waals surface area contributed by atoms with E-state index < -0.39 is 0 Å². The van der Waals surface area contributed by atoms with Crippen LogP contribution in [-0.4, -0.2) is 37.1 Å². The zero-order chi connectivity index (χ0) is 11.8. The van der Waals surface area contributed by atoms with Gasteiger partial charge in [-0.2, -0.15) is 0 Å². The van der Waals surface area contributed by atoms with E-state index in [0.717, 1.165) is 17.6 Å². The van der Waals surface area contributed by atoms with Crippen molar-refractivity contribution in [2.75, 3.05) is 31.1 Å². The van der Waals surface area contributed by atoms with Crippen LogP contribution in [0.2, 0.25) is 5.02 Å². The van der Waals surface area contributed by atoms with E-state index in [-0.39, 0.29) is 0 Å². The Kier molecular flexibility index (Phi) is 3.01. The van der Waals surface area contributed by atoms with Crippen molar-refractivity contribution in [3.05, 3.63) is 28.8 Å². The Morgan fingerprint density at radius 3 is 3.00 bits per heavy atom. The van der Waals surface area contributed by atoms with Crippen molar-refractivity contribution < 1.29 is 0 Å². The maximum Gasteiger partial charge on any atom is 0.0455 e. The molecule has 0 bridgehead atoms. The maximum absolute atomic E-state index is 6.21. The monoisotopic (exact) mass is 250 g/mol. The van der Waals surface area contributed by atoms with Crippen molar-refractivity contribution in [2.45, 2.75) is 25.8 Å². The van der Waals surface area contributed by atoms with Crippen molar-refractivity contribution >= 4 is 17.3 Å². The summed E-state index contributed by atoms with van der Waals surface area (Å²) in [5.41, 5.74) is 2.55. The minimum Gasteiger partial charge on any atom is -0.368 e. The van der Waals surface area contributed by atoms with Crippen molar-refractivity contribution in [1.82, 2.24) is 4.90 Å². The molecule has 2 nitrogen and oxygen atoms in total. The fourth-order valence-corrected chi connectivity index (χ4v) is 3.32. The zero-order valence-corrected chi connectivity index (χ0v) is 11.1. The summed E-state index contributed by atoms with van der Waals surface area (Å²) < 4.78 is 0. The molecular formula is C14H19ClN2. The number of rotatable bonds is 1. The average molecular weight is 251 g/mol. The van der Waals surface area contributed by atoms with E-state index in [9.17, 15) is 0 Å². The van der Waals surface area contributed by atoms with Crippen molar-refractivity contribution in [2.24, 2.45) is 0 Å². The third-order valence-electron chi connectivity index (χ3n) is 4.17. The molecule has 2 heterocycles. The third kappa shape index (κ3) is 2.04. The molecule has 0 N–H and O–H groups in total. The molecule has 1 aromatic carbocycles. The molecule has 0 aliphatic carbocycles. The highest BCUT2D eigenvalue weighted by Crippen LogP contribution is 2.30. The van der Waals surface area contributed by atoms with Gasteiger partial charge in [-0.25, -0.2) is 0 Å². The molecule has 0 spiro atoms. The second-order valence-corrected chi connectivity index (χ2v) is 5.57. The molecule has 2 saturated heterocycles. The van der Waals surface area contributed by atoms with Crippen LogP contribution in [0, 0.1) is 6.92 Å². The van der Waals surface area contributed by atoms with Crippen LogP contribution in [0.15, 0.2) is 18.2 Å². The average Bonchev–Trinajstić information content (AvgIpc) is 2.79. The van der Waals surface area contributed by atoms with Crippen LogP contribution in [-0.2, 0) is 0 Å². The van der Waals surface area contributed by atoms with Gasteiger partial charge in [-0.05, 0) is 44.0 Å². The van der Waals surface area contributed by atoms with E-state index in [2.05, 4.69) is 28.9 Å². The summed E-state index contributed by atoms with van der Waals surface area (Å²) in [4.78, 5) is 5.14. The van der Waals surface area contributed by atoms with Gasteiger partial charge >= 0.3 is 0 Å². The molecule has 0 radical (unpaired) electrons. The number of hydrogen-bond donors (Lipinski definition) is 0. The van der Waals surface area contributed by atoms with Crippen molar-refractivity contribution in [3.63, 3.8) is 0 Å². The van der Waals surface area contributed by atoms with Gasteiger partial charge in [0, 0.05) is 36.4 Å². The molecule has 2 aliphatic heterocycles. The first-order valence-electron chi connectivity index (χ1n) is 6.50. The standard InChI is InChI=1S/C14H19ClN2/c1-11-13(15)5-2-6-14(11)17-9-8-16-7-3-4-12(16)10-17/h2,5-6,12H,3-4,7-10H2,1H3. The smallest absolute Gasteiger partial charge is 0.0455 e. The highest BCUT2D eigenvalue weighted by Gasteiger charge is 2.30. The normalized spacial score (nSPS) is 25.1. The predicted molar refractivity (Wildman–Crippen MR) is 73.0 cm³/mol. The minimum absolute atomic E-state index is 0.766. The lowest BCUT2D eigenvalue weighted by molar-refractivity contribution is 0.231. The lowest BCUT2D eigenvalue weighted by Crippen LogP contribution is -2.50. The first-order chi connectivity index (χ1) is 8.25. The van der Waals surface area contributed by atoms with Crippen LogP contribution in [0.4, 0.5) is 5.69 Å². The molecular weight excluding hydrogens is 232 g/mol. The van der Waals surface area contributed by atoms with Gasteiger partial charge in [-0.3, -0.25) is 4.90 Å². The Balaban J connectivity index is 1.82. The SMILES string of the molecule is Cc1c(Cl)cccc1N1CCN2CCCC2C1. The second-order valence-electron chi connectivity index (χ2n) is 5.16. The van der Waals surface area contributed by atoms with E-state index in [1.54, 1.807) is 0 Å². The second kappa shape index (κ2) is 4.51. The van der Waals surface area contributed by atoms with Crippen LogP contribution in [0.1, 0.15) is 18.4 Å². The largest absolute Gasteiger partial charge is 0.368 e. The molecule has 2 aliphatic rings. The van der Waals surface area contributed by atoms with Crippen molar-refractivity contribution in [3.8, 4) is 0 Å². The van der Waals surface area contributed by atoms with Gasteiger partial charge in [0.1, 0.15) is 0 Å². The fourth-order valence-electron chi connectivity index (χ4n) is 3.15. The first-order valence-corrected chi connectivity index (χ1v) is 6.87. The zero-order valence-electron chi connectivity index (χ0n) is 10.3. The van der Waals surface area contributed by atoms with Gasteiger partial charge in [0.05, 0.1) is 0 Å². The van der Waals surface area contributed by atoms with Crippen molar-refractivity contribution in [1.29, 1.82) is 0 Å². The molecule has 2 fully saturated rings. The number of halogens is 1. The fraction of sp³-hybridized carbons (Fsp3) is 0.571. The molecule has 92 valence electrons. The lowest BCUT2D eigenvalue weighted by atomic mass is 10.1. The Labute approximate surface area is 108 Å². The lowest BCUT2D eigenvalue weighted by Gasteiger charge is -2.39. The summed E-state index contributed by atoms with van der Waals surface area (Å²) in [6.45, 7) is 6.93. The summed E-state index contributed by atoms with van der Waals surface area (Å²) in [6, 6.07) is 7.01. The topological polar surface area (TPSA) is 6.48 Å². The van der Waals surface area contributed by atoms with Crippen LogP contribution in [0.5, 0.6) is 0 Å². The van der Waals surface area contributed by atoms with Gasteiger partial charge < -0.3 is 4.90 Å². The van der Waals surface area contributed by atoms with E-state index >= 15 is 0 Å².